The minimum atomic E-state index is 0.619. The molecule has 2 aromatic carbocycles. The third-order valence-electron chi connectivity index (χ3n) is 6.27. The van der Waals surface area contributed by atoms with Crippen molar-refractivity contribution in [1.82, 2.24) is 14.9 Å². The Balaban J connectivity index is 1.57. The maximum absolute atomic E-state index is 5.69. The van der Waals surface area contributed by atoms with E-state index >= 15 is 0 Å². The number of anilines is 1. The Hall–Kier alpha value is -3.20. The van der Waals surface area contributed by atoms with E-state index < -0.39 is 0 Å². The number of aromatic nitrogens is 2. The normalized spacial score (nSPS) is 14.3. The largest absolute Gasteiger partial charge is 0.493 e. The van der Waals surface area contributed by atoms with Crippen molar-refractivity contribution in [3.8, 4) is 22.6 Å². The SMILES string of the molecule is COc1cccc(CN(C)c2nc(CN3CCOCC3)nc3scc(-c4ccccc4)c23)c1OC. The second-order valence-electron chi connectivity index (χ2n) is 8.56. The van der Waals surface area contributed by atoms with Gasteiger partial charge >= 0.3 is 0 Å². The van der Waals surface area contributed by atoms with Crippen molar-refractivity contribution < 1.29 is 14.2 Å². The lowest BCUT2D eigenvalue weighted by Gasteiger charge is -2.27. The highest BCUT2D eigenvalue weighted by Gasteiger charge is 2.21. The van der Waals surface area contributed by atoms with E-state index in [9.17, 15) is 0 Å². The number of para-hydroxylation sites is 1. The summed E-state index contributed by atoms with van der Waals surface area (Å²) < 4.78 is 16.7. The van der Waals surface area contributed by atoms with Crippen LogP contribution in [0.15, 0.2) is 53.9 Å². The van der Waals surface area contributed by atoms with E-state index in [2.05, 4.69) is 52.6 Å². The summed E-state index contributed by atoms with van der Waals surface area (Å²) in [6, 6.07) is 16.4. The predicted molar refractivity (Wildman–Crippen MR) is 141 cm³/mol. The van der Waals surface area contributed by atoms with E-state index in [4.69, 9.17) is 24.2 Å². The zero-order chi connectivity index (χ0) is 24.2. The van der Waals surface area contributed by atoms with Crippen molar-refractivity contribution in [2.24, 2.45) is 0 Å². The fourth-order valence-electron chi connectivity index (χ4n) is 4.51. The number of rotatable bonds is 8. The number of methoxy groups -OCH3 is 2. The van der Waals surface area contributed by atoms with Gasteiger partial charge in [0.15, 0.2) is 11.5 Å². The predicted octanol–water partition coefficient (Wildman–Crippen LogP) is 4.84. The molecule has 0 spiro atoms. The average Bonchev–Trinajstić information content (AvgIpc) is 3.33. The van der Waals surface area contributed by atoms with Crippen molar-refractivity contribution in [3.05, 3.63) is 65.3 Å². The summed E-state index contributed by atoms with van der Waals surface area (Å²) in [6.45, 7) is 4.62. The van der Waals surface area contributed by atoms with Crippen LogP contribution in [0.2, 0.25) is 0 Å². The quantitative estimate of drug-likeness (QED) is 0.350. The summed E-state index contributed by atoms with van der Waals surface area (Å²) in [6.07, 6.45) is 0. The molecule has 0 radical (unpaired) electrons. The molecule has 0 amide bonds. The molecule has 0 bridgehead atoms. The topological polar surface area (TPSA) is 60.0 Å². The first-order chi connectivity index (χ1) is 17.2. The molecule has 7 nitrogen and oxygen atoms in total. The van der Waals surface area contributed by atoms with Crippen LogP contribution in [-0.4, -0.2) is 62.4 Å². The van der Waals surface area contributed by atoms with Crippen LogP contribution >= 0.6 is 11.3 Å². The highest BCUT2D eigenvalue weighted by Crippen LogP contribution is 2.39. The number of nitrogens with zero attached hydrogens (tertiary/aromatic N) is 4. The van der Waals surface area contributed by atoms with Gasteiger partial charge in [0.25, 0.3) is 0 Å². The third kappa shape index (κ3) is 4.96. The van der Waals surface area contributed by atoms with Gasteiger partial charge in [0.2, 0.25) is 0 Å². The van der Waals surface area contributed by atoms with E-state index in [0.717, 1.165) is 76.4 Å². The molecule has 1 aliphatic heterocycles. The number of hydrogen-bond donors (Lipinski definition) is 0. The number of morpholine rings is 1. The molecule has 1 fully saturated rings. The molecule has 1 saturated heterocycles. The van der Waals surface area contributed by atoms with Crippen LogP contribution in [0.5, 0.6) is 11.5 Å². The molecule has 35 heavy (non-hydrogen) atoms. The Bertz CT molecular complexity index is 1290. The Kier molecular flexibility index (Phi) is 7.13. The zero-order valence-electron chi connectivity index (χ0n) is 20.4. The Labute approximate surface area is 209 Å². The van der Waals surface area contributed by atoms with E-state index in [0.29, 0.717) is 13.1 Å². The fraction of sp³-hybridized carbons (Fsp3) is 0.333. The van der Waals surface area contributed by atoms with Crippen LogP contribution in [0.1, 0.15) is 11.4 Å². The molecule has 5 rings (SSSR count). The lowest BCUT2D eigenvalue weighted by Crippen LogP contribution is -2.36. The van der Waals surface area contributed by atoms with Gasteiger partial charge in [-0.1, -0.05) is 42.5 Å². The second kappa shape index (κ2) is 10.6. The summed E-state index contributed by atoms with van der Waals surface area (Å²) in [5, 5.41) is 3.27. The number of ether oxygens (including phenoxy) is 3. The van der Waals surface area contributed by atoms with Crippen molar-refractivity contribution in [1.29, 1.82) is 0 Å². The van der Waals surface area contributed by atoms with Crippen molar-refractivity contribution >= 4 is 27.4 Å². The van der Waals surface area contributed by atoms with Crippen LogP contribution in [0.25, 0.3) is 21.3 Å². The van der Waals surface area contributed by atoms with Gasteiger partial charge < -0.3 is 19.1 Å². The zero-order valence-corrected chi connectivity index (χ0v) is 21.2. The average molecular weight is 491 g/mol. The summed E-state index contributed by atoms with van der Waals surface area (Å²) in [5.74, 6) is 3.22. The van der Waals surface area contributed by atoms with Gasteiger partial charge in [-0.3, -0.25) is 4.90 Å². The molecular formula is C27H30N4O3S. The molecule has 2 aromatic heterocycles. The van der Waals surface area contributed by atoms with Gasteiger partial charge in [-0.15, -0.1) is 11.3 Å². The monoisotopic (exact) mass is 490 g/mol. The first-order valence-corrected chi connectivity index (χ1v) is 12.6. The molecule has 0 atom stereocenters. The summed E-state index contributed by atoms with van der Waals surface area (Å²) in [5.41, 5.74) is 3.35. The lowest BCUT2D eigenvalue weighted by atomic mass is 10.1. The van der Waals surface area contributed by atoms with Crippen LogP contribution in [0.4, 0.5) is 5.82 Å². The Morgan fingerprint density at radius 1 is 1.00 bits per heavy atom. The molecule has 1 aliphatic rings. The van der Waals surface area contributed by atoms with E-state index in [1.165, 1.54) is 0 Å². The second-order valence-corrected chi connectivity index (χ2v) is 9.41. The highest BCUT2D eigenvalue weighted by atomic mass is 32.1. The van der Waals surface area contributed by atoms with E-state index in [1.807, 2.05) is 18.2 Å². The molecule has 182 valence electrons. The minimum absolute atomic E-state index is 0.619. The van der Waals surface area contributed by atoms with E-state index in [-0.39, 0.29) is 0 Å². The fourth-order valence-corrected chi connectivity index (χ4v) is 5.47. The lowest BCUT2D eigenvalue weighted by molar-refractivity contribution is 0.0331. The minimum Gasteiger partial charge on any atom is -0.493 e. The summed E-state index contributed by atoms with van der Waals surface area (Å²) in [4.78, 5) is 15.6. The third-order valence-corrected chi connectivity index (χ3v) is 7.14. The summed E-state index contributed by atoms with van der Waals surface area (Å²) in [7, 11) is 5.41. The molecule has 3 heterocycles. The number of benzene rings is 2. The maximum atomic E-state index is 5.69. The number of thiophene rings is 1. The van der Waals surface area contributed by atoms with Crippen LogP contribution in [-0.2, 0) is 17.8 Å². The van der Waals surface area contributed by atoms with Gasteiger partial charge in [-0.05, 0) is 11.6 Å². The standard InChI is InChI=1S/C27H30N4O3S/c1-30(16-20-10-7-11-22(32-2)25(20)33-3)26-24-21(19-8-5-4-6-9-19)18-35-27(24)29-23(28-26)17-31-12-14-34-15-13-31/h4-11,18H,12-17H2,1-3H3. The molecular weight excluding hydrogens is 460 g/mol. The van der Waals surface area contributed by atoms with Crippen LogP contribution in [0, 0.1) is 0 Å². The van der Waals surface area contributed by atoms with Gasteiger partial charge in [0.1, 0.15) is 16.5 Å². The van der Waals surface area contributed by atoms with Crippen molar-refractivity contribution in [2.45, 2.75) is 13.1 Å². The number of fused-ring (bicyclic) bond motifs is 1. The van der Waals surface area contributed by atoms with E-state index in [1.54, 1.807) is 25.6 Å². The Morgan fingerprint density at radius 2 is 1.80 bits per heavy atom. The molecule has 8 heteroatoms. The molecule has 0 N–H and O–H groups in total. The van der Waals surface area contributed by atoms with Crippen molar-refractivity contribution in [2.75, 3.05) is 52.5 Å². The van der Waals surface area contributed by atoms with Gasteiger partial charge in [-0.25, -0.2) is 9.97 Å². The first kappa shape index (κ1) is 23.5. The maximum Gasteiger partial charge on any atom is 0.165 e. The molecule has 0 unspecified atom stereocenters. The summed E-state index contributed by atoms with van der Waals surface area (Å²) >= 11 is 1.67. The first-order valence-electron chi connectivity index (χ1n) is 11.7. The number of hydrogen-bond acceptors (Lipinski definition) is 8. The van der Waals surface area contributed by atoms with Crippen molar-refractivity contribution in [3.63, 3.8) is 0 Å². The smallest absolute Gasteiger partial charge is 0.165 e. The molecule has 4 aromatic rings. The highest BCUT2D eigenvalue weighted by molar-refractivity contribution is 7.17. The molecule has 0 saturated carbocycles. The van der Waals surface area contributed by atoms with Crippen LogP contribution in [0.3, 0.4) is 0 Å². The van der Waals surface area contributed by atoms with Crippen LogP contribution < -0.4 is 14.4 Å². The molecule has 0 aliphatic carbocycles. The Morgan fingerprint density at radius 3 is 2.54 bits per heavy atom. The van der Waals surface area contributed by atoms with Gasteiger partial charge in [0, 0.05) is 43.2 Å². The van der Waals surface area contributed by atoms with Gasteiger partial charge in [-0.2, -0.15) is 0 Å². The van der Waals surface area contributed by atoms with Gasteiger partial charge in [0.05, 0.1) is 39.4 Å².